The first kappa shape index (κ1) is 12.0. The maximum atomic E-state index is 3.73. The highest BCUT2D eigenvalue weighted by Gasteiger charge is 1.98. The molecule has 0 aromatic heterocycles. The van der Waals surface area contributed by atoms with Crippen LogP contribution in [0.5, 0.6) is 0 Å². The fourth-order valence-electron chi connectivity index (χ4n) is 1.07. The minimum atomic E-state index is 1.07. The number of rotatable bonds is 2. The van der Waals surface area contributed by atoms with Gasteiger partial charge in [-0.15, -0.1) is 0 Å². The molecule has 0 heteroatoms. The quantitative estimate of drug-likeness (QED) is 0.546. The first-order valence-electron chi connectivity index (χ1n) is 4.95. The summed E-state index contributed by atoms with van der Waals surface area (Å²) in [6, 6.07) is 0. The fourth-order valence-corrected chi connectivity index (χ4v) is 1.07. The van der Waals surface area contributed by atoms with Gasteiger partial charge in [-0.25, -0.2) is 0 Å². The van der Waals surface area contributed by atoms with E-state index in [-0.39, 0.29) is 0 Å². The van der Waals surface area contributed by atoms with Gasteiger partial charge in [0.1, 0.15) is 0 Å². The minimum absolute atomic E-state index is 1.07. The zero-order chi connectivity index (χ0) is 10.1. The van der Waals surface area contributed by atoms with Crippen molar-refractivity contribution in [3.8, 4) is 0 Å². The Labute approximate surface area is 82.4 Å². The molecule has 0 N–H and O–H groups in total. The Morgan fingerprint density at radius 3 is 2.46 bits per heavy atom. The molecular formula is C13H20. The summed E-state index contributed by atoms with van der Waals surface area (Å²) in [5, 5.41) is 0. The van der Waals surface area contributed by atoms with Crippen LogP contribution in [-0.4, -0.2) is 0 Å². The van der Waals surface area contributed by atoms with Crippen LogP contribution in [0.1, 0.15) is 33.6 Å². The highest BCUT2D eigenvalue weighted by atomic mass is 14.0. The highest BCUT2D eigenvalue weighted by Crippen LogP contribution is 2.18. The molecule has 0 bridgehead atoms. The van der Waals surface area contributed by atoms with Gasteiger partial charge >= 0.3 is 0 Å². The molecule has 1 rings (SSSR count). The molecule has 0 fully saturated rings. The van der Waals surface area contributed by atoms with Crippen molar-refractivity contribution in [1.29, 1.82) is 0 Å². The van der Waals surface area contributed by atoms with E-state index in [0.717, 1.165) is 6.42 Å². The molecule has 1 aliphatic carbocycles. The normalized spacial score (nSPS) is 14.7. The monoisotopic (exact) mass is 176 g/mol. The van der Waals surface area contributed by atoms with E-state index in [1.807, 2.05) is 13.0 Å². The van der Waals surface area contributed by atoms with Crippen LogP contribution < -0.4 is 0 Å². The van der Waals surface area contributed by atoms with Gasteiger partial charge in [-0.2, -0.15) is 0 Å². The molecule has 1 aliphatic rings. The third-order valence-corrected chi connectivity index (χ3v) is 1.64. The maximum absolute atomic E-state index is 3.73. The summed E-state index contributed by atoms with van der Waals surface area (Å²) >= 11 is 0. The van der Waals surface area contributed by atoms with Gasteiger partial charge in [-0.05, 0) is 24.5 Å². The van der Waals surface area contributed by atoms with E-state index in [0.29, 0.717) is 0 Å². The summed E-state index contributed by atoms with van der Waals surface area (Å²) in [5.41, 5.74) is 2.53. The standard InChI is InChI=1S/C10H12.C3H8/c1-3-9(4-2)10-7-5-6-8-10;1-3-2/h3-5,7-8H,1,6H2,2H3;3H2,1-2H3/b9-4+;. The third-order valence-electron chi connectivity index (χ3n) is 1.64. The molecule has 0 saturated carbocycles. The van der Waals surface area contributed by atoms with E-state index in [9.17, 15) is 0 Å². The molecule has 72 valence electrons. The van der Waals surface area contributed by atoms with Gasteiger partial charge in [0.25, 0.3) is 0 Å². The lowest BCUT2D eigenvalue weighted by atomic mass is 10.1. The topological polar surface area (TPSA) is 0 Å². The van der Waals surface area contributed by atoms with E-state index in [4.69, 9.17) is 0 Å². The lowest BCUT2D eigenvalue weighted by Gasteiger charge is -1.96. The second kappa shape index (κ2) is 7.60. The Hall–Kier alpha value is -1.04. The smallest absolute Gasteiger partial charge is 0.0157 e. The predicted molar refractivity (Wildman–Crippen MR) is 61.8 cm³/mol. The summed E-state index contributed by atoms with van der Waals surface area (Å²) < 4.78 is 0. The fraction of sp³-hybridized carbons (Fsp3) is 0.385. The molecule has 0 radical (unpaired) electrons. The van der Waals surface area contributed by atoms with Crippen LogP contribution in [0.25, 0.3) is 0 Å². The van der Waals surface area contributed by atoms with Crippen LogP contribution in [0.3, 0.4) is 0 Å². The molecule has 0 aromatic carbocycles. The van der Waals surface area contributed by atoms with Gasteiger partial charge in [0.2, 0.25) is 0 Å². The number of hydrogen-bond acceptors (Lipinski definition) is 0. The van der Waals surface area contributed by atoms with Crippen molar-refractivity contribution in [2.45, 2.75) is 33.6 Å². The maximum Gasteiger partial charge on any atom is -0.0157 e. The third kappa shape index (κ3) is 4.51. The van der Waals surface area contributed by atoms with E-state index >= 15 is 0 Å². The van der Waals surface area contributed by atoms with Crippen LogP contribution in [0.4, 0.5) is 0 Å². The van der Waals surface area contributed by atoms with Gasteiger partial charge in [0.15, 0.2) is 0 Å². The van der Waals surface area contributed by atoms with Crippen LogP contribution in [0.15, 0.2) is 48.1 Å². The lowest BCUT2D eigenvalue weighted by Crippen LogP contribution is -1.77. The zero-order valence-electron chi connectivity index (χ0n) is 9.01. The van der Waals surface area contributed by atoms with Crippen molar-refractivity contribution in [3.63, 3.8) is 0 Å². The van der Waals surface area contributed by atoms with Gasteiger partial charge in [0, 0.05) is 0 Å². The highest BCUT2D eigenvalue weighted by molar-refractivity contribution is 5.48. The summed E-state index contributed by atoms with van der Waals surface area (Å²) in [7, 11) is 0. The lowest BCUT2D eigenvalue weighted by molar-refractivity contribution is 1.09. The SMILES string of the molecule is C=C/C(=C\C)C1=CCC=C1.CCC. The molecule has 0 heterocycles. The van der Waals surface area contributed by atoms with Crippen molar-refractivity contribution in [1.82, 2.24) is 0 Å². The molecule has 0 aromatic rings. The molecule has 0 aliphatic heterocycles. The predicted octanol–water partition coefficient (Wildman–Crippen LogP) is 4.42. The molecule has 0 spiro atoms. The van der Waals surface area contributed by atoms with Crippen molar-refractivity contribution < 1.29 is 0 Å². The van der Waals surface area contributed by atoms with Gasteiger partial charge in [-0.3, -0.25) is 0 Å². The molecular weight excluding hydrogens is 156 g/mol. The Morgan fingerprint density at radius 1 is 1.54 bits per heavy atom. The van der Waals surface area contributed by atoms with E-state index in [1.165, 1.54) is 17.6 Å². The van der Waals surface area contributed by atoms with Gasteiger partial charge in [-0.1, -0.05) is 57.2 Å². The number of allylic oxidation sites excluding steroid dienone is 7. The van der Waals surface area contributed by atoms with Crippen LogP contribution >= 0.6 is 0 Å². The first-order valence-corrected chi connectivity index (χ1v) is 4.95. The number of hydrogen-bond donors (Lipinski definition) is 0. The zero-order valence-corrected chi connectivity index (χ0v) is 9.01. The Bertz CT molecular complexity index is 220. The van der Waals surface area contributed by atoms with Crippen LogP contribution in [0, 0.1) is 0 Å². The molecule has 0 amide bonds. The average molecular weight is 176 g/mol. The molecule has 0 atom stereocenters. The summed E-state index contributed by atoms with van der Waals surface area (Å²) in [4.78, 5) is 0. The largest absolute Gasteiger partial charge is 0.0985 e. The second-order valence-electron chi connectivity index (χ2n) is 2.95. The Morgan fingerprint density at radius 2 is 2.15 bits per heavy atom. The Balaban J connectivity index is 0.000000424. The summed E-state index contributed by atoms with van der Waals surface area (Å²) in [6.07, 6.45) is 12.8. The van der Waals surface area contributed by atoms with E-state index < -0.39 is 0 Å². The Kier molecular flexibility index (Phi) is 6.99. The first-order chi connectivity index (χ1) is 6.29. The van der Waals surface area contributed by atoms with Crippen molar-refractivity contribution in [2.24, 2.45) is 0 Å². The van der Waals surface area contributed by atoms with Crippen LogP contribution in [-0.2, 0) is 0 Å². The molecule has 0 saturated heterocycles. The minimum Gasteiger partial charge on any atom is -0.0985 e. The van der Waals surface area contributed by atoms with Gasteiger partial charge in [0.05, 0.1) is 0 Å². The van der Waals surface area contributed by atoms with Crippen LogP contribution in [0.2, 0.25) is 0 Å². The van der Waals surface area contributed by atoms with Gasteiger partial charge < -0.3 is 0 Å². The van der Waals surface area contributed by atoms with Crippen molar-refractivity contribution >= 4 is 0 Å². The van der Waals surface area contributed by atoms with E-state index in [1.54, 1.807) is 0 Å². The molecule has 13 heavy (non-hydrogen) atoms. The average Bonchev–Trinajstić information content (AvgIpc) is 2.61. The molecule has 0 nitrogen and oxygen atoms in total. The molecule has 0 unspecified atom stereocenters. The summed E-state index contributed by atoms with van der Waals surface area (Å²) in [5.74, 6) is 0. The second-order valence-corrected chi connectivity index (χ2v) is 2.95. The van der Waals surface area contributed by atoms with Crippen molar-refractivity contribution in [3.05, 3.63) is 48.1 Å². The van der Waals surface area contributed by atoms with Crippen molar-refractivity contribution in [2.75, 3.05) is 0 Å². The van der Waals surface area contributed by atoms with E-state index in [2.05, 4.69) is 44.7 Å². The summed E-state index contributed by atoms with van der Waals surface area (Å²) in [6.45, 7) is 10.0.